The Hall–Kier alpha value is -2.11. The molecule has 0 atom stereocenters. The van der Waals surface area contributed by atoms with Crippen LogP contribution in [0.3, 0.4) is 0 Å². The molecule has 1 aromatic rings. The van der Waals surface area contributed by atoms with Crippen molar-refractivity contribution in [3.8, 4) is 0 Å². The van der Waals surface area contributed by atoms with Crippen LogP contribution in [0.2, 0.25) is 0 Å². The van der Waals surface area contributed by atoms with Gasteiger partial charge in [-0.05, 0) is 30.7 Å². The van der Waals surface area contributed by atoms with Crippen LogP contribution in [0.1, 0.15) is 18.1 Å². The van der Waals surface area contributed by atoms with Crippen molar-refractivity contribution in [2.24, 2.45) is 5.73 Å². The number of ketones is 1. The van der Waals surface area contributed by atoms with Gasteiger partial charge >= 0.3 is 6.18 Å². The summed E-state index contributed by atoms with van der Waals surface area (Å²) in [5.41, 5.74) is 4.22. The van der Waals surface area contributed by atoms with E-state index >= 15 is 0 Å². The molecule has 0 unspecified atom stereocenters. The minimum atomic E-state index is -4.42. The standard InChI is InChI=1S/C12H10F3NO2/c1-7(17)10(11(16)18)6-8-2-4-9(5-3-8)12(13,14)15/h2-6H,1H3,(H2,16,18)/b10-6-. The summed E-state index contributed by atoms with van der Waals surface area (Å²) >= 11 is 0. The number of alkyl halides is 3. The molecule has 0 fully saturated rings. The number of nitrogens with two attached hydrogens (primary N) is 1. The molecule has 1 aromatic carbocycles. The van der Waals surface area contributed by atoms with Crippen LogP contribution in [0.15, 0.2) is 29.8 Å². The van der Waals surface area contributed by atoms with E-state index in [2.05, 4.69) is 0 Å². The molecule has 1 rings (SSSR count). The summed E-state index contributed by atoms with van der Waals surface area (Å²) in [7, 11) is 0. The van der Waals surface area contributed by atoms with Crippen LogP contribution in [0.5, 0.6) is 0 Å². The van der Waals surface area contributed by atoms with Crippen molar-refractivity contribution in [2.45, 2.75) is 13.1 Å². The molecule has 0 bridgehead atoms. The van der Waals surface area contributed by atoms with Crippen molar-refractivity contribution in [2.75, 3.05) is 0 Å². The van der Waals surface area contributed by atoms with Crippen molar-refractivity contribution in [1.82, 2.24) is 0 Å². The molecule has 6 heteroatoms. The summed E-state index contributed by atoms with van der Waals surface area (Å²) < 4.78 is 36.9. The zero-order valence-corrected chi connectivity index (χ0v) is 9.41. The molecule has 0 aliphatic rings. The smallest absolute Gasteiger partial charge is 0.365 e. The maximum absolute atomic E-state index is 12.3. The number of hydrogen-bond donors (Lipinski definition) is 1. The first kappa shape index (κ1) is 14.0. The third-order valence-electron chi connectivity index (χ3n) is 2.19. The predicted molar refractivity (Wildman–Crippen MR) is 59.3 cm³/mol. The van der Waals surface area contributed by atoms with Gasteiger partial charge in [0, 0.05) is 0 Å². The number of rotatable bonds is 3. The number of Topliss-reactive ketones (excluding diaryl/α,β-unsaturated/α-hetero) is 1. The summed E-state index contributed by atoms with van der Waals surface area (Å²) in [4.78, 5) is 22.0. The van der Waals surface area contributed by atoms with E-state index in [1.54, 1.807) is 0 Å². The van der Waals surface area contributed by atoms with Gasteiger partial charge in [-0.3, -0.25) is 9.59 Å². The maximum atomic E-state index is 12.3. The maximum Gasteiger partial charge on any atom is 0.416 e. The van der Waals surface area contributed by atoms with E-state index in [0.717, 1.165) is 37.3 Å². The molecule has 2 N–H and O–H groups in total. The molecule has 0 spiro atoms. The van der Waals surface area contributed by atoms with Gasteiger partial charge in [0.05, 0.1) is 11.1 Å². The topological polar surface area (TPSA) is 60.2 Å². The fourth-order valence-electron chi connectivity index (χ4n) is 1.28. The van der Waals surface area contributed by atoms with Crippen molar-refractivity contribution in [1.29, 1.82) is 0 Å². The summed E-state index contributed by atoms with van der Waals surface area (Å²) in [6, 6.07) is 4.05. The lowest BCUT2D eigenvalue weighted by Gasteiger charge is -2.06. The summed E-state index contributed by atoms with van der Waals surface area (Å²) in [5.74, 6) is -1.45. The Morgan fingerprint density at radius 3 is 2.00 bits per heavy atom. The number of benzene rings is 1. The second-order valence-electron chi connectivity index (χ2n) is 3.60. The highest BCUT2D eigenvalue weighted by molar-refractivity contribution is 6.21. The molecule has 1 amide bonds. The lowest BCUT2D eigenvalue weighted by atomic mass is 10.1. The number of carbonyl (C=O) groups excluding carboxylic acids is 2. The van der Waals surface area contributed by atoms with E-state index in [9.17, 15) is 22.8 Å². The van der Waals surface area contributed by atoms with E-state index in [-0.39, 0.29) is 5.57 Å². The minimum absolute atomic E-state index is 0.255. The van der Waals surface area contributed by atoms with Crippen molar-refractivity contribution < 1.29 is 22.8 Å². The SMILES string of the molecule is CC(=O)/C(=C/c1ccc(C(F)(F)F)cc1)C(N)=O. The quantitative estimate of drug-likeness (QED) is 0.512. The van der Waals surface area contributed by atoms with Crippen LogP contribution in [-0.2, 0) is 15.8 Å². The molecule has 0 aromatic heterocycles. The number of amides is 1. The monoisotopic (exact) mass is 257 g/mol. The summed E-state index contributed by atoms with van der Waals surface area (Å²) in [6.07, 6.45) is -3.26. The Bertz CT molecular complexity index is 485. The zero-order valence-electron chi connectivity index (χ0n) is 9.41. The largest absolute Gasteiger partial charge is 0.416 e. The van der Waals surface area contributed by atoms with Gasteiger partial charge in [0.2, 0.25) is 0 Å². The molecule has 0 radical (unpaired) electrons. The van der Waals surface area contributed by atoms with Crippen molar-refractivity contribution >= 4 is 17.8 Å². The van der Waals surface area contributed by atoms with Gasteiger partial charge in [-0.15, -0.1) is 0 Å². The van der Waals surface area contributed by atoms with E-state index in [1.165, 1.54) is 0 Å². The Labute approximate surface area is 101 Å². The van der Waals surface area contributed by atoms with Crippen molar-refractivity contribution in [3.63, 3.8) is 0 Å². The van der Waals surface area contributed by atoms with E-state index in [0.29, 0.717) is 5.56 Å². The van der Waals surface area contributed by atoms with E-state index in [4.69, 9.17) is 5.73 Å². The Morgan fingerprint density at radius 2 is 1.67 bits per heavy atom. The molecule has 3 nitrogen and oxygen atoms in total. The number of hydrogen-bond acceptors (Lipinski definition) is 2. The zero-order chi connectivity index (χ0) is 13.9. The molecule has 0 saturated heterocycles. The molecule has 96 valence electrons. The molecule has 0 heterocycles. The fourth-order valence-corrected chi connectivity index (χ4v) is 1.28. The Morgan fingerprint density at radius 1 is 1.17 bits per heavy atom. The first-order valence-electron chi connectivity index (χ1n) is 4.91. The van der Waals surface area contributed by atoms with Crippen LogP contribution in [0, 0.1) is 0 Å². The molecule has 0 aliphatic carbocycles. The first-order valence-corrected chi connectivity index (χ1v) is 4.91. The molecular weight excluding hydrogens is 247 g/mol. The summed E-state index contributed by atoms with van der Waals surface area (Å²) in [5, 5.41) is 0. The van der Waals surface area contributed by atoms with Gasteiger partial charge in [-0.1, -0.05) is 12.1 Å². The summed E-state index contributed by atoms with van der Waals surface area (Å²) in [6.45, 7) is 1.15. The second kappa shape index (κ2) is 5.03. The predicted octanol–water partition coefficient (Wildman–Crippen LogP) is 2.16. The highest BCUT2D eigenvalue weighted by Crippen LogP contribution is 2.29. The van der Waals surface area contributed by atoms with Gasteiger partial charge < -0.3 is 5.73 Å². The van der Waals surface area contributed by atoms with Crippen LogP contribution in [-0.4, -0.2) is 11.7 Å². The van der Waals surface area contributed by atoms with Gasteiger partial charge in [0.25, 0.3) is 5.91 Å². The van der Waals surface area contributed by atoms with Gasteiger partial charge in [-0.25, -0.2) is 0 Å². The van der Waals surface area contributed by atoms with Crippen LogP contribution < -0.4 is 5.73 Å². The molecule has 18 heavy (non-hydrogen) atoms. The van der Waals surface area contributed by atoms with Gasteiger partial charge in [-0.2, -0.15) is 13.2 Å². The van der Waals surface area contributed by atoms with E-state index < -0.39 is 23.4 Å². The number of halogens is 3. The third-order valence-corrected chi connectivity index (χ3v) is 2.19. The van der Waals surface area contributed by atoms with E-state index in [1.807, 2.05) is 0 Å². The average Bonchev–Trinajstić information content (AvgIpc) is 2.24. The normalized spacial score (nSPS) is 12.3. The van der Waals surface area contributed by atoms with Crippen molar-refractivity contribution in [3.05, 3.63) is 41.0 Å². The Kier molecular flexibility index (Phi) is 3.90. The second-order valence-corrected chi connectivity index (χ2v) is 3.60. The highest BCUT2D eigenvalue weighted by Gasteiger charge is 2.29. The fraction of sp³-hybridized carbons (Fsp3) is 0.167. The third kappa shape index (κ3) is 3.44. The highest BCUT2D eigenvalue weighted by atomic mass is 19.4. The molecule has 0 aliphatic heterocycles. The lowest BCUT2D eigenvalue weighted by molar-refractivity contribution is -0.137. The number of carbonyl (C=O) groups is 2. The van der Waals surface area contributed by atoms with Crippen LogP contribution >= 0.6 is 0 Å². The molecule has 0 saturated carbocycles. The van der Waals surface area contributed by atoms with Crippen LogP contribution in [0.4, 0.5) is 13.2 Å². The molecular formula is C12H10F3NO2. The first-order chi connectivity index (χ1) is 8.21. The number of primary amides is 1. The average molecular weight is 257 g/mol. The van der Waals surface area contributed by atoms with Gasteiger partial charge in [0.15, 0.2) is 5.78 Å². The van der Waals surface area contributed by atoms with Crippen LogP contribution in [0.25, 0.3) is 6.08 Å². The van der Waals surface area contributed by atoms with Gasteiger partial charge in [0.1, 0.15) is 0 Å². The Balaban J connectivity index is 3.09. The minimum Gasteiger partial charge on any atom is -0.365 e. The lowest BCUT2D eigenvalue weighted by Crippen LogP contribution is -2.18.